The molecule has 2 N–H and O–H groups in total. The molecular weight excluding hydrogens is 174 g/mol. The molecular formula is C11H15N3. The number of nitrogens with two attached hydrogens (primary N) is 1. The van der Waals surface area contributed by atoms with Crippen molar-refractivity contribution in [3.8, 4) is 0 Å². The minimum absolute atomic E-state index is 0.0824. The number of hydrogen-bond donors (Lipinski definition) is 1. The predicted octanol–water partition coefficient (Wildman–Crippen LogP) is 1.90. The molecule has 1 heterocycles. The van der Waals surface area contributed by atoms with Gasteiger partial charge in [0.2, 0.25) is 0 Å². The predicted molar refractivity (Wildman–Crippen MR) is 58.1 cm³/mol. The average molecular weight is 189 g/mol. The number of fused-ring (bicyclic) bond motifs is 1. The highest BCUT2D eigenvalue weighted by atomic mass is 15.3. The van der Waals surface area contributed by atoms with Crippen LogP contribution < -0.4 is 5.73 Å². The lowest BCUT2D eigenvalue weighted by Crippen LogP contribution is -2.04. The van der Waals surface area contributed by atoms with Crippen LogP contribution in [0.4, 0.5) is 0 Å². The third-order valence-electron chi connectivity index (χ3n) is 2.58. The van der Waals surface area contributed by atoms with Gasteiger partial charge in [-0.15, -0.1) is 0 Å². The number of aromatic nitrogens is 2. The third kappa shape index (κ3) is 1.30. The summed E-state index contributed by atoms with van der Waals surface area (Å²) >= 11 is 0. The standard InChI is InChI=1S/C11H15N3/c1-7(12)9-4-5-11-10(6-9)8(2)13-14(11)3/h4-7H,12H2,1-3H3/t7-/m1/s1. The number of nitrogens with zero attached hydrogens (tertiary/aromatic N) is 2. The van der Waals surface area contributed by atoms with Crippen LogP contribution in [0.2, 0.25) is 0 Å². The van der Waals surface area contributed by atoms with Crippen molar-refractivity contribution in [1.29, 1.82) is 0 Å². The molecule has 1 aromatic heterocycles. The largest absolute Gasteiger partial charge is 0.324 e. The van der Waals surface area contributed by atoms with Crippen LogP contribution in [0.25, 0.3) is 10.9 Å². The topological polar surface area (TPSA) is 43.8 Å². The summed E-state index contributed by atoms with van der Waals surface area (Å²) in [7, 11) is 1.96. The highest BCUT2D eigenvalue weighted by Gasteiger charge is 2.06. The Balaban J connectivity index is 2.71. The van der Waals surface area contributed by atoms with Gasteiger partial charge in [0, 0.05) is 18.5 Å². The van der Waals surface area contributed by atoms with Crippen LogP contribution in [0.5, 0.6) is 0 Å². The zero-order valence-corrected chi connectivity index (χ0v) is 8.78. The van der Waals surface area contributed by atoms with Gasteiger partial charge in [0.15, 0.2) is 0 Å². The van der Waals surface area contributed by atoms with E-state index in [2.05, 4.69) is 23.3 Å². The molecule has 0 saturated heterocycles. The Morgan fingerprint density at radius 2 is 2.14 bits per heavy atom. The molecule has 0 fully saturated rings. The molecule has 2 rings (SSSR count). The maximum absolute atomic E-state index is 5.83. The van der Waals surface area contributed by atoms with Gasteiger partial charge in [0.25, 0.3) is 0 Å². The Morgan fingerprint density at radius 1 is 1.43 bits per heavy atom. The molecule has 1 aromatic carbocycles. The van der Waals surface area contributed by atoms with Gasteiger partial charge < -0.3 is 5.73 Å². The molecule has 0 bridgehead atoms. The summed E-state index contributed by atoms with van der Waals surface area (Å²) in [6, 6.07) is 6.35. The minimum Gasteiger partial charge on any atom is -0.324 e. The van der Waals surface area contributed by atoms with E-state index in [9.17, 15) is 0 Å². The lowest BCUT2D eigenvalue weighted by molar-refractivity contribution is 0.783. The molecule has 0 aliphatic rings. The normalized spacial score (nSPS) is 13.4. The van der Waals surface area contributed by atoms with Crippen LogP contribution in [0.15, 0.2) is 18.2 Å². The van der Waals surface area contributed by atoms with Crippen molar-refractivity contribution in [3.63, 3.8) is 0 Å². The number of benzene rings is 1. The Hall–Kier alpha value is -1.35. The van der Waals surface area contributed by atoms with Gasteiger partial charge >= 0.3 is 0 Å². The van der Waals surface area contributed by atoms with Crippen molar-refractivity contribution in [2.75, 3.05) is 0 Å². The van der Waals surface area contributed by atoms with Gasteiger partial charge in [0.1, 0.15) is 0 Å². The van der Waals surface area contributed by atoms with Crippen molar-refractivity contribution in [2.45, 2.75) is 19.9 Å². The molecule has 74 valence electrons. The molecule has 0 amide bonds. The fourth-order valence-corrected chi connectivity index (χ4v) is 1.74. The maximum Gasteiger partial charge on any atom is 0.0682 e. The van der Waals surface area contributed by atoms with Crippen molar-refractivity contribution in [1.82, 2.24) is 9.78 Å². The number of aryl methyl sites for hydroxylation is 2. The van der Waals surface area contributed by atoms with E-state index in [-0.39, 0.29) is 6.04 Å². The fourth-order valence-electron chi connectivity index (χ4n) is 1.74. The van der Waals surface area contributed by atoms with Gasteiger partial charge in [-0.3, -0.25) is 4.68 Å². The summed E-state index contributed by atoms with van der Waals surface area (Å²) in [6.07, 6.45) is 0. The van der Waals surface area contributed by atoms with E-state index in [0.717, 1.165) is 16.8 Å². The van der Waals surface area contributed by atoms with E-state index in [1.807, 2.05) is 25.6 Å². The molecule has 1 atom stereocenters. The second-order valence-corrected chi connectivity index (χ2v) is 3.77. The average Bonchev–Trinajstić information content (AvgIpc) is 2.42. The van der Waals surface area contributed by atoms with Crippen LogP contribution in [0.1, 0.15) is 24.2 Å². The van der Waals surface area contributed by atoms with Crippen LogP contribution in [-0.4, -0.2) is 9.78 Å². The highest BCUT2D eigenvalue weighted by molar-refractivity contribution is 5.82. The summed E-state index contributed by atoms with van der Waals surface area (Å²) in [4.78, 5) is 0. The van der Waals surface area contributed by atoms with Gasteiger partial charge in [-0.2, -0.15) is 5.10 Å². The quantitative estimate of drug-likeness (QED) is 0.744. The first-order chi connectivity index (χ1) is 6.59. The maximum atomic E-state index is 5.83. The molecule has 0 spiro atoms. The van der Waals surface area contributed by atoms with Crippen LogP contribution in [0.3, 0.4) is 0 Å². The van der Waals surface area contributed by atoms with Gasteiger partial charge in [-0.25, -0.2) is 0 Å². The lowest BCUT2D eigenvalue weighted by atomic mass is 10.1. The second-order valence-electron chi connectivity index (χ2n) is 3.77. The Bertz CT molecular complexity index is 469. The van der Waals surface area contributed by atoms with Crippen molar-refractivity contribution >= 4 is 10.9 Å². The lowest BCUT2D eigenvalue weighted by Gasteiger charge is -2.05. The first-order valence-corrected chi connectivity index (χ1v) is 4.78. The van der Waals surface area contributed by atoms with Crippen molar-refractivity contribution in [2.24, 2.45) is 12.8 Å². The first kappa shape index (κ1) is 9.21. The van der Waals surface area contributed by atoms with Crippen LogP contribution in [0, 0.1) is 6.92 Å². The second kappa shape index (κ2) is 3.10. The van der Waals surface area contributed by atoms with E-state index >= 15 is 0 Å². The zero-order valence-electron chi connectivity index (χ0n) is 8.78. The SMILES string of the molecule is Cc1nn(C)c2ccc([C@@H](C)N)cc12. The molecule has 14 heavy (non-hydrogen) atoms. The van der Waals surface area contributed by atoms with Crippen LogP contribution >= 0.6 is 0 Å². The molecule has 0 aliphatic carbocycles. The molecule has 0 aliphatic heterocycles. The highest BCUT2D eigenvalue weighted by Crippen LogP contribution is 2.21. The third-order valence-corrected chi connectivity index (χ3v) is 2.58. The molecule has 0 saturated carbocycles. The summed E-state index contributed by atoms with van der Waals surface area (Å²) < 4.78 is 1.90. The van der Waals surface area contributed by atoms with Gasteiger partial charge in [-0.1, -0.05) is 6.07 Å². The van der Waals surface area contributed by atoms with E-state index < -0.39 is 0 Å². The van der Waals surface area contributed by atoms with Gasteiger partial charge in [0.05, 0.1) is 11.2 Å². The van der Waals surface area contributed by atoms with E-state index in [4.69, 9.17) is 5.73 Å². The van der Waals surface area contributed by atoms with Crippen molar-refractivity contribution in [3.05, 3.63) is 29.5 Å². The van der Waals surface area contributed by atoms with E-state index in [0.29, 0.717) is 0 Å². The van der Waals surface area contributed by atoms with Crippen LogP contribution in [-0.2, 0) is 7.05 Å². The molecule has 0 radical (unpaired) electrons. The van der Waals surface area contributed by atoms with E-state index in [1.165, 1.54) is 5.39 Å². The molecule has 3 heteroatoms. The van der Waals surface area contributed by atoms with Gasteiger partial charge in [-0.05, 0) is 31.5 Å². The fraction of sp³-hybridized carbons (Fsp3) is 0.364. The van der Waals surface area contributed by atoms with E-state index in [1.54, 1.807) is 0 Å². The van der Waals surface area contributed by atoms with Crippen molar-refractivity contribution < 1.29 is 0 Å². The summed E-state index contributed by atoms with van der Waals surface area (Å²) in [6.45, 7) is 4.01. The smallest absolute Gasteiger partial charge is 0.0682 e. The number of hydrogen-bond acceptors (Lipinski definition) is 2. The summed E-state index contributed by atoms with van der Waals surface area (Å²) in [5, 5.41) is 5.56. The molecule has 3 nitrogen and oxygen atoms in total. The monoisotopic (exact) mass is 189 g/mol. The zero-order chi connectivity index (χ0) is 10.3. The first-order valence-electron chi connectivity index (χ1n) is 4.78. The Kier molecular flexibility index (Phi) is 2.04. The Labute approximate surface area is 83.5 Å². The number of rotatable bonds is 1. The minimum atomic E-state index is 0.0824. The Morgan fingerprint density at radius 3 is 2.79 bits per heavy atom. The molecule has 0 unspecified atom stereocenters. The summed E-state index contributed by atoms with van der Waals surface area (Å²) in [5.41, 5.74) is 9.21. The summed E-state index contributed by atoms with van der Waals surface area (Å²) in [5.74, 6) is 0. The molecule has 2 aromatic rings.